The first kappa shape index (κ1) is 17.0. The Morgan fingerprint density at radius 3 is 2.83 bits per heavy atom. The van der Waals surface area contributed by atoms with Crippen LogP contribution in [0, 0.1) is 0 Å². The number of guanidine groups is 1. The van der Waals surface area contributed by atoms with Crippen LogP contribution in [0.25, 0.3) is 0 Å². The molecule has 1 aromatic rings. The number of rotatable bonds is 4. The topological polar surface area (TPSA) is 85.8 Å². The van der Waals surface area contributed by atoms with E-state index in [1.807, 2.05) is 6.07 Å². The molecule has 1 aromatic heterocycles. The Morgan fingerprint density at radius 1 is 1.43 bits per heavy atom. The molecule has 23 heavy (non-hydrogen) atoms. The summed E-state index contributed by atoms with van der Waals surface area (Å²) >= 11 is 0. The van der Waals surface area contributed by atoms with Gasteiger partial charge in [-0.05, 0) is 18.9 Å². The van der Waals surface area contributed by atoms with Crippen molar-refractivity contribution in [1.29, 1.82) is 0 Å². The fourth-order valence-corrected chi connectivity index (χ4v) is 2.44. The molecule has 2 N–H and O–H groups in total. The molecule has 1 atom stereocenters. The Bertz CT molecular complexity index is 532. The molecule has 2 rings (SSSR count). The van der Waals surface area contributed by atoms with E-state index in [1.165, 1.54) is 0 Å². The average Bonchev–Trinajstić information content (AvgIpc) is 2.59. The first-order chi connectivity index (χ1) is 11.1. The zero-order valence-electron chi connectivity index (χ0n) is 14.0. The van der Waals surface area contributed by atoms with Crippen LogP contribution in [0.5, 0.6) is 0 Å². The van der Waals surface area contributed by atoms with E-state index in [4.69, 9.17) is 0 Å². The number of nitrogens with one attached hydrogen (secondary N) is 2. The molecule has 1 aliphatic heterocycles. The molecule has 126 valence electrons. The molecule has 1 aliphatic rings. The number of amides is 1. The number of aromatic nitrogens is 2. The Hall–Kier alpha value is -2.38. The fourth-order valence-electron chi connectivity index (χ4n) is 2.44. The van der Waals surface area contributed by atoms with Crippen LogP contribution in [0.2, 0.25) is 0 Å². The van der Waals surface area contributed by atoms with Crippen molar-refractivity contribution in [2.75, 3.05) is 45.7 Å². The second kappa shape index (κ2) is 8.30. The number of carbonyl (C=O) groups excluding carboxylic acids is 1. The first-order valence-electron chi connectivity index (χ1n) is 7.79. The van der Waals surface area contributed by atoms with Crippen molar-refractivity contribution >= 4 is 17.8 Å². The van der Waals surface area contributed by atoms with E-state index in [2.05, 4.69) is 30.5 Å². The number of carbonyl (C=O) groups is 1. The van der Waals surface area contributed by atoms with Crippen molar-refractivity contribution in [3.8, 4) is 0 Å². The zero-order valence-corrected chi connectivity index (χ0v) is 14.0. The molecule has 1 amide bonds. The highest BCUT2D eigenvalue weighted by Crippen LogP contribution is 2.15. The van der Waals surface area contributed by atoms with Gasteiger partial charge in [-0.15, -0.1) is 0 Å². The molecule has 2 heterocycles. The minimum atomic E-state index is 0.0101. The van der Waals surface area contributed by atoms with Crippen molar-refractivity contribution in [3.05, 3.63) is 18.5 Å². The molecule has 0 spiro atoms. The lowest BCUT2D eigenvalue weighted by atomic mass is 10.1. The Morgan fingerprint density at radius 2 is 2.17 bits per heavy atom. The van der Waals surface area contributed by atoms with Crippen LogP contribution in [-0.4, -0.2) is 73.6 Å². The normalized spacial score (nSPS) is 18.5. The molecule has 0 bridgehead atoms. The van der Waals surface area contributed by atoms with E-state index in [0.717, 1.165) is 31.9 Å². The van der Waals surface area contributed by atoms with Gasteiger partial charge in [0.25, 0.3) is 0 Å². The van der Waals surface area contributed by atoms with Crippen LogP contribution >= 0.6 is 0 Å². The second-order valence-corrected chi connectivity index (χ2v) is 5.69. The lowest BCUT2D eigenvalue weighted by Gasteiger charge is -2.33. The van der Waals surface area contributed by atoms with E-state index in [9.17, 15) is 4.79 Å². The number of hydrogen-bond donors (Lipinski definition) is 2. The quantitative estimate of drug-likeness (QED) is 0.585. The van der Waals surface area contributed by atoms with Crippen LogP contribution < -0.4 is 15.5 Å². The molecular formula is C15H25N7O. The van der Waals surface area contributed by atoms with Gasteiger partial charge in [-0.3, -0.25) is 9.79 Å². The predicted molar refractivity (Wildman–Crippen MR) is 90.5 cm³/mol. The summed E-state index contributed by atoms with van der Waals surface area (Å²) in [5.41, 5.74) is 0. The van der Waals surface area contributed by atoms with Gasteiger partial charge in [-0.2, -0.15) is 0 Å². The van der Waals surface area contributed by atoms with E-state index < -0.39 is 0 Å². The smallest absolute Gasteiger partial charge is 0.241 e. The predicted octanol–water partition coefficient (Wildman–Crippen LogP) is -0.301. The maximum atomic E-state index is 11.6. The van der Waals surface area contributed by atoms with Crippen LogP contribution in [0.4, 0.5) is 5.95 Å². The maximum Gasteiger partial charge on any atom is 0.241 e. The molecule has 8 nitrogen and oxygen atoms in total. The lowest BCUT2D eigenvalue weighted by Crippen LogP contribution is -2.52. The van der Waals surface area contributed by atoms with Gasteiger partial charge in [0.2, 0.25) is 11.9 Å². The van der Waals surface area contributed by atoms with E-state index in [1.54, 1.807) is 38.4 Å². The van der Waals surface area contributed by atoms with Gasteiger partial charge in [0, 0.05) is 52.7 Å². The van der Waals surface area contributed by atoms with E-state index in [-0.39, 0.29) is 18.5 Å². The fraction of sp³-hybridized carbons (Fsp3) is 0.600. The van der Waals surface area contributed by atoms with E-state index >= 15 is 0 Å². The Labute approximate surface area is 137 Å². The summed E-state index contributed by atoms with van der Waals surface area (Å²) in [5, 5.41) is 6.42. The number of piperidine rings is 1. The summed E-state index contributed by atoms with van der Waals surface area (Å²) in [6.07, 6.45) is 5.62. The van der Waals surface area contributed by atoms with E-state index in [0.29, 0.717) is 5.96 Å². The minimum Gasteiger partial charge on any atom is -0.352 e. The largest absolute Gasteiger partial charge is 0.352 e. The highest BCUT2D eigenvalue weighted by molar-refractivity contribution is 5.86. The van der Waals surface area contributed by atoms with Gasteiger partial charge in [0.05, 0.1) is 6.54 Å². The van der Waals surface area contributed by atoms with Crippen molar-refractivity contribution in [1.82, 2.24) is 25.5 Å². The maximum absolute atomic E-state index is 11.6. The molecule has 0 radical (unpaired) electrons. The van der Waals surface area contributed by atoms with Crippen LogP contribution in [0.1, 0.15) is 12.8 Å². The Balaban J connectivity index is 1.87. The molecule has 0 aromatic carbocycles. The molecule has 0 saturated carbocycles. The second-order valence-electron chi connectivity index (χ2n) is 5.69. The van der Waals surface area contributed by atoms with Gasteiger partial charge in [-0.1, -0.05) is 0 Å². The molecular weight excluding hydrogens is 294 g/mol. The average molecular weight is 319 g/mol. The minimum absolute atomic E-state index is 0.0101. The summed E-state index contributed by atoms with van der Waals surface area (Å²) < 4.78 is 0. The van der Waals surface area contributed by atoms with Gasteiger partial charge in [0.1, 0.15) is 0 Å². The molecule has 8 heteroatoms. The summed E-state index contributed by atoms with van der Waals surface area (Å²) in [7, 11) is 5.18. The first-order valence-corrected chi connectivity index (χ1v) is 7.79. The van der Waals surface area contributed by atoms with Gasteiger partial charge < -0.3 is 20.4 Å². The zero-order chi connectivity index (χ0) is 16.7. The van der Waals surface area contributed by atoms with Crippen LogP contribution in [0.15, 0.2) is 23.5 Å². The molecule has 0 aliphatic carbocycles. The highest BCUT2D eigenvalue weighted by atomic mass is 16.2. The van der Waals surface area contributed by atoms with Crippen molar-refractivity contribution in [2.45, 2.75) is 18.9 Å². The lowest BCUT2D eigenvalue weighted by molar-refractivity contribution is -0.127. The Kier molecular flexibility index (Phi) is 6.13. The van der Waals surface area contributed by atoms with Gasteiger partial charge in [-0.25, -0.2) is 9.97 Å². The summed E-state index contributed by atoms with van der Waals surface area (Å²) in [6, 6.07) is 2.06. The number of nitrogens with zero attached hydrogens (tertiary/aromatic N) is 5. The standard InChI is InChI=1S/C15H25N7O/c1-16-14(19-10-13(23)21(2)3)20-12-6-4-9-22(11-12)15-17-7-5-8-18-15/h5,7-8,12H,4,6,9-11H2,1-3H3,(H2,16,19,20). The summed E-state index contributed by atoms with van der Waals surface area (Å²) in [4.78, 5) is 28.2. The molecule has 1 fully saturated rings. The number of likely N-dealkylation sites (N-methyl/N-ethyl adjacent to an activating group) is 1. The number of hydrogen-bond acceptors (Lipinski definition) is 5. The summed E-state index contributed by atoms with van der Waals surface area (Å²) in [5.74, 6) is 1.40. The number of anilines is 1. The van der Waals surface area contributed by atoms with Crippen molar-refractivity contribution in [2.24, 2.45) is 4.99 Å². The van der Waals surface area contributed by atoms with Crippen molar-refractivity contribution in [3.63, 3.8) is 0 Å². The third kappa shape index (κ3) is 5.08. The number of aliphatic imine (C=N–C) groups is 1. The van der Waals surface area contributed by atoms with Crippen LogP contribution in [-0.2, 0) is 4.79 Å². The molecule has 1 saturated heterocycles. The van der Waals surface area contributed by atoms with Gasteiger partial charge in [0.15, 0.2) is 5.96 Å². The SMILES string of the molecule is CN=C(NCC(=O)N(C)C)NC1CCCN(c2ncccn2)C1. The highest BCUT2D eigenvalue weighted by Gasteiger charge is 2.22. The van der Waals surface area contributed by atoms with Crippen LogP contribution in [0.3, 0.4) is 0 Å². The summed E-state index contributed by atoms with van der Waals surface area (Å²) in [6.45, 7) is 1.99. The molecule has 1 unspecified atom stereocenters. The van der Waals surface area contributed by atoms with Crippen molar-refractivity contribution < 1.29 is 4.79 Å². The third-order valence-corrected chi connectivity index (χ3v) is 3.73. The third-order valence-electron chi connectivity index (χ3n) is 3.73. The van der Waals surface area contributed by atoms with Gasteiger partial charge >= 0.3 is 0 Å². The monoisotopic (exact) mass is 319 g/mol.